The quantitative estimate of drug-likeness (QED) is 0.474. The number of carbonyl (C=O) groups is 1. The van der Waals surface area contributed by atoms with Gasteiger partial charge in [0, 0.05) is 32.4 Å². The lowest BCUT2D eigenvalue weighted by molar-refractivity contribution is -0.119. The van der Waals surface area contributed by atoms with Gasteiger partial charge in [-0.05, 0) is 48.9 Å². The minimum Gasteiger partial charge on any atom is -0.350 e. The fraction of sp³-hybridized carbons (Fsp3) is 0.308. The van der Waals surface area contributed by atoms with Crippen molar-refractivity contribution in [2.45, 2.75) is 38.6 Å². The average molecular weight is 441 g/mol. The number of aromatic amines is 1. The van der Waals surface area contributed by atoms with Crippen LogP contribution < -0.4 is 10.2 Å². The molecule has 0 radical (unpaired) electrons. The fourth-order valence-corrected chi connectivity index (χ4v) is 4.55. The van der Waals surface area contributed by atoms with E-state index in [2.05, 4.69) is 54.4 Å². The Kier molecular flexibility index (Phi) is 5.77. The van der Waals surface area contributed by atoms with Crippen LogP contribution >= 0.6 is 0 Å². The number of para-hydroxylation sites is 2. The van der Waals surface area contributed by atoms with Crippen LogP contribution in [0.3, 0.4) is 0 Å². The van der Waals surface area contributed by atoms with E-state index in [4.69, 9.17) is 0 Å². The molecular formula is C26H28N6O. The summed E-state index contributed by atoms with van der Waals surface area (Å²) in [5, 5.41) is 2.94. The van der Waals surface area contributed by atoms with Crippen LogP contribution in [0.4, 0.5) is 5.95 Å². The van der Waals surface area contributed by atoms with Crippen molar-refractivity contribution >= 4 is 22.9 Å². The summed E-state index contributed by atoms with van der Waals surface area (Å²) in [5.41, 5.74) is 5.32. The highest BCUT2D eigenvalue weighted by Crippen LogP contribution is 2.30. The number of nitrogens with zero attached hydrogens (tertiary/aromatic N) is 4. The molecule has 33 heavy (non-hydrogen) atoms. The highest BCUT2D eigenvalue weighted by Gasteiger charge is 2.22. The molecule has 1 atom stereocenters. The van der Waals surface area contributed by atoms with Gasteiger partial charge < -0.3 is 15.2 Å². The van der Waals surface area contributed by atoms with Crippen LogP contribution in [0.15, 0.2) is 60.9 Å². The molecule has 0 unspecified atom stereocenters. The molecule has 5 rings (SSSR count). The molecule has 1 saturated heterocycles. The molecule has 168 valence electrons. The number of rotatable bonds is 5. The second kappa shape index (κ2) is 9.02. The maximum absolute atomic E-state index is 11.3. The van der Waals surface area contributed by atoms with E-state index < -0.39 is 0 Å². The number of piperidine rings is 1. The molecule has 1 aliphatic heterocycles. The molecule has 1 aliphatic rings. The van der Waals surface area contributed by atoms with Crippen LogP contribution in [0.1, 0.15) is 49.8 Å². The van der Waals surface area contributed by atoms with Crippen molar-refractivity contribution in [2.75, 3.05) is 18.0 Å². The fourth-order valence-electron chi connectivity index (χ4n) is 4.55. The highest BCUT2D eigenvalue weighted by atomic mass is 16.1. The number of benzene rings is 2. The number of nitrogens with one attached hydrogen (secondary N) is 2. The largest absolute Gasteiger partial charge is 0.350 e. The zero-order valence-corrected chi connectivity index (χ0v) is 19.0. The number of H-pyrrole nitrogens is 1. The zero-order chi connectivity index (χ0) is 22.8. The van der Waals surface area contributed by atoms with E-state index in [1.807, 2.05) is 43.6 Å². The predicted molar refractivity (Wildman–Crippen MR) is 130 cm³/mol. The summed E-state index contributed by atoms with van der Waals surface area (Å²) < 4.78 is 0. The maximum Gasteiger partial charge on any atom is 0.225 e. The SMILES string of the molecule is CC(=O)N[C@@H](C)c1ccc(C2CCN(c3ncc(-c4nc5ccccc5[nH]4)cn3)CC2)cc1. The highest BCUT2D eigenvalue weighted by molar-refractivity contribution is 5.79. The van der Waals surface area contributed by atoms with Crippen molar-refractivity contribution in [3.05, 3.63) is 72.1 Å². The Balaban J connectivity index is 1.21. The smallest absolute Gasteiger partial charge is 0.225 e. The van der Waals surface area contributed by atoms with Crippen LogP contribution in [0.5, 0.6) is 0 Å². The molecule has 2 N–H and O–H groups in total. The van der Waals surface area contributed by atoms with Gasteiger partial charge in [-0.15, -0.1) is 0 Å². The molecule has 0 bridgehead atoms. The van der Waals surface area contributed by atoms with Gasteiger partial charge in [0.1, 0.15) is 5.82 Å². The van der Waals surface area contributed by atoms with Gasteiger partial charge >= 0.3 is 0 Å². The Labute approximate surface area is 193 Å². The van der Waals surface area contributed by atoms with Gasteiger partial charge in [-0.25, -0.2) is 15.0 Å². The lowest BCUT2D eigenvalue weighted by atomic mass is 9.88. The summed E-state index contributed by atoms with van der Waals surface area (Å²) in [6.07, 6.45) is 5.83. The molecule has 3 heterocycles. The molecule has 1 fully saturated rings. The molecule has 7 heteroatoms. The molecule has 1 amide bonds. The van der Waals surface area contributed by atoms with E-state index in [0.29, 0.717) is 5.92 Å². The summed E-state index contributed by atoms with van der Waals surface area (Å²) in [4.78, 5) is 30.7. The standard InChI is InChI=1S/C26H28N6O/c1-17(29-18(2)33)19-7-9-20(10-8-19)21-11-13-32(14-12-21)26-27-15-22(16-28-26)25-30-23-5-3-4-6-24(23)31-25/h3-10,15-17,21H,11-14H2,1-2H3,(H,29,33)(H,30,31)/t17-/m0/s1. The van der Waals surface area contributed by atoms with E-state index in [0.717, 1.165) is 59.9 Å². The van der Waals surface area contributed by atoms with Crippen molar-refractivity contribution in [3.63, 3.8) is 0 Å². The van der Waals surface area contributed by atoms with Gasteiger partial charge in [0.25, 0.3) is 0 Å². The van der Waals surface area contributed by atoms with Gasteiger partial charge in [-0.3, -0.25) is 4.79 Å². The predicted octanol–water partition coefficient (Wildman–Crippen LogP) is 4.60. The third kappa shape index (κ3) is 4.58. The summed E-state index contributed by atoms with van der Waals surface area (Å²) in [7, 11) is 0. The van der Waals surface area contributed by atoms with Gasteiger partial charge in [-0.1, -0.05) is 36.4 Å². The number of hydrogen-bond acceptors (Lipinski definition) is 5. The van der Waals surface area contributed by atoms with E-state index in [9.17, 15) is 4.79 Å². The monoisotopic (exact) mass is 440 g/mol. The van der Waals surface area contributed by atoms with E-state index >= 15 is 0 Å². The topological polar surface area (TPSA) is 86.8 Å². The second-order valence-electron chi connectivity index (χ2n) is 8.72. The van der Waals surface area contributed by atoms with Crippen molar-refractivity contribution in [1.82, 2.24) is 25.3 Å². The molecule has 2 aromatic carbocycles. The van der Waals surface area contributed by atoms with Gasteiger partial charge in [0.2, 0.25) is 11.9 Å². The minimum absolute atomic E-state index is 0.00760. The van der Waals surface area contributed by atoms with E-state index in [1.165, 1.54) is 5.56 Å². The Morgan fingerprint density at radius 1 is 1.06 bits per heavy atom. The molecule has 0 aliphatic carbocycles. The summed E-state index contributed by atoms with van der Waals surface area (Å²) >= 11 is 0. The van der Waals surface area contributed by atoms with Crippen molar-refractivity contribution in [2.24, 2.45) is 0 Å². The Bertz CT molecular complexity index is 1210. The normalized spacial score (nSPS) is 15.5. The lowest BCUT2D eigenvalue weighted by Crippen LogP contribution is -2.34. The number of fused-ring (bicyclic) bond motifs is 1. The number of aromatic nitrogens is 4. The van der Waals surface area contributed by atoms with E-state index in [-0.39, 0.29) is 11.9 Å². The Morgan fingerprint density at radius 3 is 2.42 bits per heavy atom. The van der Waals surface area contributed by atoms with E-state index in [1.54, 1.807) is 6.92 Å². The average Bonchev–Trinajstić information content (AvgIpc) is 3.28. The molecule has 4 aromatic rings. The van der Waals surface area contributed by atoms with Crippen LogP contribution in [-0.4, -0.2) is 38.9 Å². The van der Waals surface area contributed by atoms with Gasteiger partial charge in [-0.2, -0.15) is 0 Å². The van der Waals surface area contributed by atoms with Crippen LogP contribution in [0, 0.1) is 0 Å². The second-order valence-corrected chi connectivity index (χ2v) is 8.72. The van der Waals surface area contributed by atoms with Crippen LogP contribution in [0.2, 0.25) is 0 Å². The van der Waals surface area contributed by atoms with Gasteiger partial charge in [0.15, 0.2) is 0 Å². The first-order valence-corrected chi connectivity index (χ1v) is 11.5. The van der Waals surface area contributed by atoms with Gasteiger partial charge in [0.05, 0.1) is 22.6 Å². The summed E-state index contributed by atoms with van der Waals surface area (Å²) in [6.45, 7) is 5.42. The number of anilines is 1. The lowest BCUT2D eigenvalue weighted by Gasteiger charge is -2.32. The first-order chi connectivity index (χ1) is 16.1. The zero-order valence-electron chi connectivity index (χ0n) is 19.0. The summed E-state index contributed by atoms with van der Waals surface area (Å²) in [6, 6.07) is 16.7. The first-order valence-electron chi connectivity index (χ1n) is 11.5. The molecule has 2 aromatic heterocycles. The molecule has 0 saturated carbocycles. The maximum atomic E-state index is 11.3. The number of hydrogen-bond donors (Lipinski definition) is 2. The first kappa shape index (κ1) is 21.1. The molecule has 0 spiro atoms. The Hall–Kier alpha value is -3.74. The third-order valence-corrected chi connectivity index (χ3v) is 6.41. The van der Waals surface area contributed by atoms with Crippen molar-refractivity contribution < 1.29 is 4.79 Å². The number of carbonyl (C=O) groups excluding carboxylic acids is 1. The molecule has 7 nitrogen and oxygen atoms in total. The number of imidazole rings is 1. The molecular weight excluding hydrogens is 412 g/mol. The minimum atomic E-state index is -0.00760. The van der Waals surface area contributed by atoms with Crippen molar-refractivity contribution in [3.8, 4) is 11.4 Å². The Morgan fingerprint density at radius 2 is 1.76 bits per heavy atom. The summed E-state index contributed by atoms with van der Waals surface area (Å²) in [5.74, 6) is 2.08. The van der Waals surface area contributed by atoms with Crippen LogP contribution in [0.25, 0.3) is 22.4 Å². The van der Waals surface area contributed by atoms with Crippen molar-refractivity contribution in [1.29, 1.82) is 0 Å². The van der Waals surface area contributed by atoms with Crippen LogP contribution in [-0.2, 0) is 4.79 Å². The number of amides is 1. The third-order valence-electron chi connectivity index (χ3n) is 6.41.